The summed E-state index contributed by atoms with van der Waals surface area (Å²) in [7, 11) is 0. The highest BCUT2D eigenvalue weighted by molar-refractivity contribution is 5.20. The Morgan fingerprint density at radius 2 is 1.71 bits per heavy atom. The third-order valence-electron chi connectivity index (χ3n) is 2.93. The van der Waals surface area contributed by atoms with E-state index in [0.717, 1.165) is 25.9 Å². The lowest BCUT2D eigenvalue weighted by molar-refractivity contribution is 0.199. The predicted molar refractivity (Wildman–Crippen MR) is 71.6 cm³/mol. The minimum Gasteiger partial charge on any atom is -0.295 e. The highest BCUT2D eigenvalue weighted by Gasteiger charge is 2.18. The molecule has 0 bridgehead atoms. The Morgan fingerprint density at radius 3 is 2.18 bits per heavy atom. The van der Waals surface area contributed by atoms with E-state index >= 15 is 0 Å². The molecule has 1 unspecified atom stereocenters. The van der Waals surface area contributed by atoms with Crippen LogP contribution in [-0.4, -0.2) is 18.0 Å². The lowest BCUT2D eigenvalue weighted by Gasteiger charge is -2.30. The van der Waals surface area contributed by atoms with Crippen LogP contribution in [0.4, 0.5) is 0 Å². The van der Waals surface area contributed by atoms with Gasteiger partial charge in [0.25, 0.3) is 0 Å². The Balaban J connectivity index is 2.86. The molecule has 1 aromatic rings. The number of hydrogen-bond donors (Lipinski definition) is 0. The summed E-state index contributed by atoms with van der Waals surface area (Å²) < 4.78 is 0. The molecule has 0 amide bonds. The third kappa shape index (κ3) is 4.20. The fraction of sp³-hybridized carbons (Fsp3) is 0.533. The monoisotopic (exact) mass is 230 g/mol. The summed E-state index contributed by atoms with van der Waals surface area (Å²) >= 11 is 0. The topological polar surface area (TPSA) is 27.0 Å². The van der Waals surface area contributed by atoms with E-state index in [4.69, 9.17) is 5.26 Å². The van der Waals surface area contributed by atoms with Crippen LogP contribution >= 0.6 is 0 Å². The molecule has 0 N–H and O–H groups in total. The van der Waals surface area contributed by atoms with Gasteiger partial charge in [0.2, 0.25) is 0 Å². The first-order chi connectivity index (χ1) is 8.33. The van der Waals surface area contributed by atoms with Gasteiger partial charge in [0.05, 0.1) is 12.5 Å². The van der Waals surface area contributed by atoms with E-state index in [2.05, 4.69) is 49.1 Å². The molecule has 0 fully saturated rings. The fourth-order valence-corrected chi connectivity index (χ4v) is 2.22. The number of benzene rings is 1. The van der Waals surface area contributed by atoms with Gasteiger partial charge in [0.15, 0.2) is 0 Å². The van der Waals surface area contributed by atoms with E-state index in [0.29, 0.717) is 6.42 Å². The maximum Gasteiger partial charge on any atom is 0.0641 e. The van der Waals surface area contributed by atoms with Gasteiger partial charge in [-0.25, -0.2) is 0 Å². The van der Waals surface area contributed by atoms with Gasteiger partial charge < -0.3 is 0 Å². The van der Waals surface area contributed by atoms with Gasteiger partial charge in [-0.2, -0.15) is 5.26 Å². The lowest BCUT2D eigenvalue weighted by Crippen LogP contribution is -2.30. The minimum atomic E-state index is 0.251. The normalized spacial score (nSPS) is 12.4. The Kier molecular flexibility index (Phi) is 6.35. The second kappa shape index (κ2) is 7.86. The molecule has 0 aromatic heterocycles. The van der Waals surface area contributed by atoms with Crippen molar-refractivity contribution in [2.75, 3.05) is 13.1 Å². The van der Waals surface area contributed by atoms with Crippen LogP contribution < -0.4 is 0 Å². The van der Waals surface area contributed by atoms with Gasteiger partial charge in [-0.1, -0.05) is 44.2 Å². The van der Waals surface area contributed by atoms with Crippen LogP contribution in [0, 0.1) is 11.3 Å². The zero-order valence-corrected chi connectivity index (χ0v) is 10.9. The molecule has 0 saturated carbocycles. The van der Waals surface area contributed by atoms with Gasteiger partial charge in [-0.15, -0.1) is 0 Å². The molecule has 1 aromatic carbocycles. The summed E-state index contributed by atoms with van der Waals surface area (Å²) in [4.78, 5) is 2.43. The smallest absolute Gasteiger partial charge is 0.0641 e. The van der Waals surface area contributed by atoms with Gasteiger partial charge >= 0.3 is 0 Å². The van der Waals surface area contributed by atoms with Crippen LogP contribution in [0.2, 0.25) is 0 Å². The van der Waals surface area contributed by atoms with Gasteiger partial charge in [-0.3, -0.25) is 4.90 Å². The van der Waals surface area contributed by atoms with Crippen LogP contribution in [0.3, 0.4) is 0 Å². The molecule has 2 nitrogen and oxygen atoms in total. The Hall–Kier alpha value is -1.33. The summed E-state index contributed by atoms with van der Waals surface area (Å²) in [6, 6.07) is 13.0. The van der Waals surface area contributed by atoms with Crippen LogP contribution in [-0.2, 0) is 0 Å². The molecule has 17 heavy (non-hydrogen) atoms. The maximum atomic E-state index is 9.01. The molecule has 0 aliphatic rings. The first-order valence-electron chi connectivity index (χ1n) is 6.49. The zero-order valence-electron chi connectivity index (χ0n) is 10.9. The lowest BCUT2D eigenvalue weighted by atomic mass is 10.0. The average molecular weight is 230 g/mol. The van der Waals surface area contributed by atoms with E-state index in [1.165, 1.54) is 5.56 Å². The van der Waals surface area contributed by atoms with Crippen LogP contribution in [0.1, 0.15) is 44.7 Å². The number of nitriles is 1. The second-order valence-electron chi connectivity index (χ2n) is 4.32. The predicted octanol–water partition coefficient (Wildman–Crippen LogP) is 3.76. The van der Waals surface area contributed by atoms with Gasteiger partial charge in [0.1, 0.15) is 0 Å². The molecule has 0 radical (unpaired) electrons. The van der Waals surface area contributed by atoms with E-state index < -0.39 is 0 Å². The van der Waals surface area contributed by atoms with E-state index in [9.17, 15) is 0 Å². The van der Waals surface area contributed by atoms with Gasteiger partial charge in [0, 0.05) is 6.04 Å². The molecular formula is C15H22N2. The summed E-state index contributed by atoms with van der Waals surface area (Å²) in [5, 5.41) is 9.01. The molecule has 92 valence electrons. The Morgan fingerprint density at radius 1 is 1.12 bits per heavy atom. The summed E-state index contributed by atoms with van der Waals surface area (Å²) in [5.41, 5.74) is 1.26. The third-order valence-corrected chi connectivity index (χ3v) is 2.93. The fourth-order valence-electron chi connectivity index (χ4n) is 2.22. The van der Waals surface area contributed by atoms with Crippen molar-refractivity contribution in [1.82, 2.24) is 4.90 Å². The number of hydrogen-bond acceptors (Lipinski definition) is 2. The Labute approximate surface area is 105 Å². The summed E-state index contributed by atoms with van der Waals surface area (Å²) in [6.07, 6.45) is 2.84. The second-order valence-corrected chi connectivity index (χ2v) is 4.32. The number of nitrogens with zero attached hydrogens (tertiary/aromatic N) is 2. The van der Waals surface area contributed by atoms with Crippen molar-refractivity contribution in [2.45, 2.75) is 39.2 Å². The van der Waals surface area contributed by atoms with Crippen molar-refractivity contribution in [3.8, 4) is 6.07 Å². The quantitative estimate of drug-likeness (QED) is 0.713. The highest BCUT2D eigenvalue weighted by Crippen LogP contribution is 2.24. The van der Waals surface area contributed by atoms with Gasteiger partial charge in [-0.05, 0) is 31.5 Å². The minimum absolute atomic E-state index is 0.251. The van der Waals surface area contributed by atoms with Crippen LogP contribution in [0.5, 0.6) is 0 Å². The zero-order chi connectivity index (χ0) is 12.5. The molecule has 0 saturated heterocycles. The first kappa shape index (κ1) is 13.7. The molecular weight excluding hydrogens is 208 g/mol. The first-order valence-corrected chi connectivity index (χ1v) is 6.49. The van der Waals surface area contributed by atoms with Crippen LogP contribution in [0.25, 0.3) is 0 Å². The largest absolute Gasteiger partial charge is 0.295 e. The molecule has 1 rings (SSSR count). The molecule has 0 aliphatic heterocycles. The van der Waals surface area contributed by atoms with Crippen molar-refractivity contribution in [1.29, 1.82) is 5.26 Å². The van der Waals surface area contributed by atoms with Crippen molar-refractivity contribution in [3.05, 3.63) is 35.9 Å². The molecule has 1 atom stereocenters. The molecule has 0 aliphatic carbocycles. The average Bonchev–Trinajstić information content (AvgIpc) is 2.37. The molecule has 0 heterocycles. The SMILES string of the molecule is CCCN(CCC)C(CC#N)c1ccccc1. The van der Waals surface area contributed by atoms with Crippen LogP contribution in [0.15, 0.2) is 30.3 Å². The van der Waals surface area contributed by atoms with E-state index in [1.54, 1.807) is 0 Å². The molecule has 0 spiro atoms. The standard InChI is InChI=1S/C15H22N2/c1-3-12-17(13-4-2)15(10-11-16)14-8-6-5-7-9-14/h5-9,15H,3-4,10,12-13H2,1-2H3. The molecule has 2 heteroatoms. The van der Waals surface area contributed by atoms with Crippen molar-refractivity contribution in [3.63, 3.8) is 0 Å². The van der Waals surface area contributed by atoms with E-state index in [-0.39, 0.29) is 6.04 Å². The Bertz CT molecular complexity index is 334. The maximum absolute atomic E-state index is 9.01. The number of rotatable bonds is 7. The summed E-state index contributed by atoms with van der Waals surface area (Å²) in [6.45, 7) is 6.51. The van der Waals surface area contributed by atoms with Crippen molar-refractivity contribution >= 4 is 0 Å². The highest BCUT2D eigenvalue weighted by atomic mass is 15.1. The van der Waals surface area contributed by atoms with E-state index in [1.807, 2.05) is 6.07 Å². The summed E-state index contributed by atoms with van der Waals surface area (Å²) in [5.74, 6) is 0. The van der Waals surface area contributed by atoms with Crippen molar-refractivity contribution < 1.29 is 0 Å². The van der Waals surface area contributed by atoms with Crippen molar-refractivity contribution in [2.24, 2.45) is 0 Å².